The highest BCUT2D eigenvalue weighted by atomic mass is 16.5. The summed E-state index contributed by atoms with van der Waals surface area (Å²) < 4.78 is 5.83. The molecule has 8 heteroatoms. The van der Waals surface area contributed by atoms with Crippen molar-refractivity contribution in [1.29, 1.82) is 0 Å². The zero-order valence-corrected chi connectivity index (χ0v) is 13.2. The van der Waals surface area contributed by atoms with Gasteiger partial charge in [-0.05, 0) is 31.8 Å². The number of anilines is 2. The summed E-state index contributed by atoms with van der Waals surface area (Å²) in [5.74, 6) is 2.51. The Kier molecular flexibility index (Phi) is 4.20. The number of pyridine rings is 1. The smallest absolute Gasteiger partial charge is 0.281 e. The van der Waals surface area contributed by atoms with E-state index in [0.29, 0.717) is 30.0 Å². The van der Waals surface area contributed by atoms with Crippen LogP contribution in [0, 0.1) is 5.92 Å². The summed E-state index contributed by atoms with van der Waals surface area (Å²) in [6, 6.07) is 1.87. The number of aromatic nitrogens is 5. The van der Waals surface area contributed by atoms with E-state index in [1.54, 1.807) is 24.9 Å². The van der Waals surface area contributed by atoms with Crippen molar-refractivity contribution >= 4 is 22.7 Å². The highest BCUT2D eigenvalue weighted by Crippen LogP contribution is 2.18. The Labute approximate surface area is 139 Å². The average Bonchev–Trinajstić information content (AvgIpc) is 3.09. The molecule has 8 nitrogen and oxygen atoms in total. The van der Waals surface area contributed by atoms with Gasteiger partial charge in [0, 0.05) is 6.07 Å². The van der Waals surface area contributed by atoms with Gasteiger partial charge in [0.25, 0.3) is 5.88 Å². The van der Waals surface area contributed by atoms with Crippen LogP contribution in [0.3, 0.4) is 0 Å². The number of rotatable bonds is 5. The molecule has 0 radical (unpaired) electrons. The largest absolute Gasteiger partial charge is 0.473 e. The summed E-state index contributed by atoms with van der Waals surface area (Å²) >= 11 is 0. The van der Waals surface area contributed by atoms with Crippen LogP contribution in [0.25, 0.3) is 11.0 Å². The van der Waals surface area contributed by atoms with Crippen LogP contribution in [-0.4, -0.2) is 39.6 Å². The second-order valence-corrected chi connectivity index (χ2v) is 5.91. The van der Waals surface area contributed by atoms with Crippen LogP contribution in [0.15, 0.2) is 31.0 Å². The maximum atomic E-state index is 5.83. The minimum atomic E-state index is 0.583. The van der Waals surface area contributed by atoms with Gasteiger partial charge in [0.1, 0.15) is 5.82 Å². The number of imidazole rings is 1. The van der Waals surface area contributed by atoms with E-state index in [1.165, 1.54) is 0 Å². The van der Waals surface area contributed by atoms with Gasteiger partial charge in [0.05, 0.1) is 30.2 Å². The molecule has 4 N–H and O–H groups in total. The zero-order valence-electron chi connectivity index (χ0n) is 13.2. The quantitative estimate of drug-likeness (QED) is 0.653. The summed E-state index contributed by atoms with van der Waals surface area (Å²) in [7, 11) is 0. The van der Waals surface area contributed by atoms with Crippen molar-refractivity contribution in [3.8, 4) is 5.88 Å². The number of nitrogens with one attached hydrogen (secondary N) is 4. The van der Waals surface area contributed by atoms with Crippen LogP contribution < -0.4 is 20.4 Å². The van der Waals surface area contributed by atoms with E-state index in [9.17, 15) is 0 Å². The van der Waals surface area contributed by atoms with Gasteiger partial charge in [-0.3, -0.25) is 0 Å². The molecule has 124 valence electrons. The zero-order chi connectivity index (χ0) is 16.2. The summed E-state index contributed by atoms with van der Waals surface area (Å²) in [5.41, 5.74) is 1.76. The first-order valence-electron chi connectivity index (χ1n) is 8.14. The van der Waals surface area contributed by atoms with Crippen molar-refractivity contribution < 1.29 is 9.72 Å². The molecular formula is C16H20N7O+. The first kappa shape index (κ1) is 14.8. The molecular weight excluding hydrogens is 306 g/mol. The molecule has 4 rings (SSSR count). The minimum Gasteiger partial charge on any atom is -0.473 e. The molecule has 0 amide bonds. The van der Waals surface area contributed by atoms with Crippen LogP contribution in [0.5, 0.6) is 5.88 Å². The van der Waals surface area contributed by atoms with Crippen molar-refractivity contribution in [2.75, 3.05) is 25.0 Å². The standard InChI is InChI=1S/C16H19N7O/c1-3-17-4-2-11(1)9-24-16-8-18-7-15(23-16)22-14-5-12-13(6-19-14)21-10-20-12/h5-8,10-11,17H,1-4,9H2,(H,20,21)(H,19,22,23)/p+1. The number of piperidine rings is 1. The lowest BCUT2D eigenvalue weighted by atomic mass is 9.99. The molecule has 0 aliphatic carbocycles. The molecule has 3 aromatic rings. The van der Waals surface area contributed by atoms with E-state index in [4.69, 9.17) is 4.74 Å². The molecule has 0 saturated carbocycles. The van der Waals surface area contributed by atoms with E-state index in [0.717, 1.165) is 37.0 Å². The highest BCUT2D eigenvalue weighted by Gasteiger charge is 2.15. The van der Waals surface area contributed by atoms with Crippen molar-refractivity contribution in [1.82, 2.24) is 25.3 Å². The SMILES string of the molecule is c1nc2cc(Nc3c[nH+]cc(OCC4CCNCC4)n3)ncc2[nH]1. The van der Waals surface area contributed by atoms with Crippen LogP contribution in [-0.2, 0) is 0 Å². The third-order valence-electron chi connectivity index (χ3n) is 4.15. The Hall–Kier alpha value is -2.74. The number of hydrogen-bond acceptors (Lipinski definition) is 6. The van der Waals surface area contributed by atoms with Crippen LogP contribution in [0.4, 0.5) is 11.6 Å². The average molecular weight is 326 g/mol. The van der Waals surface area contributed by atoms with Crippen molar-refractivity contribution in [2.24, 2.45) is 5.92 Å². The summed E-state index contributed by atoms with van der Waals surface area (Å²) in [6.07, 6.45) is 9.22. The van der Waals surface area contributed by atoms with Gasteiger partial charge in [0.2, 0.25) is 12.4 Å². The van der Waals surface area contributed by atoms with Gasteiger partial charge in [-0.2, -0.15) is 4.98 Å². The maximum Gasteiger partial charge on any atom is 0.281 e. The Morgan fingerprint density at radius 2 is 2.12 bits per heavy atom. The van der Waals surface area contributed by atoms with Gasteiger partial charge in [-0.25, -0.2) is 15.0 Å². The van der Waals surface area contributed by atoms with E-state index in [2.05, 4.69) is 35.6 Å². The molecule has 0 bridgehead atoms. The van der Waals surface area contributed by atoms with Gasteiger partial charge in [-0.15, -0.1) is 0 Å². The Morgan fingerprint density at radius 1 is 1.21 bits per heavy atom. The Balaban J connectivity index is 1.41. The number of aromatic amines is 2. The third-order valence-corrected chi connectivity index (χ3v) is 4.15. The molecule has 0 spiro atoms. The Morgan fingerprint density at radius 3 is 3.04 bits per heavy atom. The maximum absolute atomic E-state index is 5.83. The van der Waals surface area contributed by atoms with Crippen LogP contribution in [0.2, 0.25) is 0 Å². The fourth-order valence-corrected chi connectivity index (χ4v) is 2.80. The lowest BCUT2D eigenvalue weighted by Crippen LogP contribution is -2.30. The lowest BCUT2D eigenvalue weighted by Gasteiger charge is -2.21. The molecule has 1 fully saturated rings. The first-order valence-corrected chi connectivity index (χ1v) is 8.14. The monoisotopic (exact) mass is 326 g/mol. The first-order chi connectivity index (χ1) is 11.9. The number of H-pyrrole nitrogens is 2. The fourth-order valence-electron chi connectivity index (χ4n) is 2.80. The third kappa shape index (κ3) is 3.43. The van der Waals surface area contributed by atoms with Crippen LogP contribution >= 0.6 is 0 Å². The number of fused-ring (bicyclic) bond motifs is 1. The molecule has 0 aromatic carbocycles. The van der Waals surface area contributed by atoms with Gasteiger partial charge < -0.3 is 20.4 Å². The molecule has 1 saturated heterocycles. The topological polar surface area (TPSA) is 102 Å². The summed E-state index contributed by atoms with van der Waals surface area (Å²) in [6.45, 7) is 2.83. The second kappa shape index (κ2) is 6.79. The molecule has 1 aliphatic rings. The highest BCUT2D eigenvalue weighted by molar-refractivity contribution is 5.77. The Bertz CT molecular complexity index is 813. The lowest BCUT2D eigenvalue weighted by molar-refractivity contribution is -0.379. The van der Waals surface area contributed by atoms with Gasteiger partial charge in [-0.1, -0.05) is 0 Å². The fraction of sp³-hybridized carbons (Fsp3) is 0.375. The molecule has 0 unspecified atom stereocenters. The van der Waals surface area contributed by atoms with Gasteiger partial charge in [0.15, 0.2) is 5.82 Å². The normalized spacial score (nSPS) is 15.5. The van der Waals surface area contributed by atoms with Crippen molar-refractivity contribution in [2.45, 2.75) is 12.8 Å². The van der Waals surface area contributed by atoms with E-state index >= 15 is 0 Å². The molecule has 3 aromatic heterocycles. The predicted octanol–water partition coefficient (Wildman–Crippen LogP) is 1.29. The predicted molar refractivity (Wildman–Crippen MR) is 89.1 cm³/mol. The van der Waals surface area contributed by atoms with Gasteiger partial charge >= 0.3 is 0 Å². The van der Waals surface area contributed by atoms with Crippen molar-refractivity contribution in [3.63, 3.8) is 0 Å². The van der Waals surface area contributed by atoms with Crippen molar-refractivity contribution in [3.05, 3.63) is 31.0 Å². The minimum absolute atomic E-state index is 0.583. The summed E-state index contributed by atoms with van der Waals surface area (Å²) in [5, 5.41) is 6.53. The molecule has 0 atom stereocenters. The number of hydrogen-bond donors (Lipinski definition) is 3. The molecule has 1 aliphatic heterocycles. The van der Waals surface area contributed by atoms with E-state index in [1.807, 2.05) is 6.07 Å². The second-order valence-electron chi connectivity index (χ2n) is 5.91. The summed E-state index contributed by atoms with van der Waals surface area (Å²) in [4.78, 5) is 19.1. The number of nitrogens with zero attached hydrogens (tertiary/aromatic N) is 3. The van der Waals surface area contributed by atoms with Crippen LogP contribution in [0.1, 0.15) is 12.8 Å². The van der Waals surface area contributed by atoms with E-state index in [-0.39, 0.29) is 0 Å². The molecule has 4 heterocycles. The molecule has 24 heavy (non-hydrogen) atoms. The van der Waals surface area contributed by atoms with E-state index < -0.39 is 0 Å². The number of ether oxygens (including phenoxy) is 1.